The van der Waals surface area contributed by atoms with Gasteiger partial charge in [-0.15, -0.1) is 0 Å². The second kappa shape index (κ2) is 9.49. The highest BCUT2D eigenvalue weighted by Gasteiger charge is 2.20. The number of ether oxygens (including phenoxy) is 3. The number of halogens is 2. The Morgan fingerprint density at radius 1 is 0.800 bits per heavy atom. The van der Waals surface area contributed by atoms with E-state index in [1.165, 1.54) is 13.4 Å². The largest absolute Gasteiger partial charge is 0.495 e. The second-order valence-corrected chi connectivity index (χ2v) is 8.64. The van der Waals surface area contributed by atoms with Gasteiger partial charge in [-0.3, -0.25) is 0 Å². The molecule has 176 valence electrons. The van der Waals surface area contributed by atoms with E-state index in [2.05, 4.69) is 9.97 Å². The molecule has 0 aliphatic heterocycles. The molecular weight excluding hydrogens is 485 g/mol. The third-order valence-corrected chi connectivity index (χ3v) is 6.55. The molecule has 5 aromatic rings. The SMILES string of the molecule is COc1cc2cc3c(-c4c(Cl)c(N)cc(OC)c4Cl)ncnc3cc2cc1OCc1ccccc1. The molecule has 5 rings (SSSR count). The van der Waals surface area contributed by atoms with Crippen molar-refractivity contribution in [2.45, 2.75) is 6.61 Å². The molecular formula is C27H21Cl2N3O3. The topological polar surface area (TPSA) is 79.5 Å². The highest BCUT2D eigenvalue weighted by Crippen LogP contribution is 2.45. The Hall–Kier alpha value is -3.74. The molecule has 2 N–H and O–H groups in total. The number of anilines is 1. The summed E-state index contributed by atoms with van der Waals surface area (Å²) in [7, 11) is 3.14. The number of rotatable bonds is 6. The maximum atomic E-state index is 6.63. The molecule has 0 aliphatic carbocycles. The van der Waals surface area contributed by atoms with Crippen LogP contribution in [0.5, 0.6) is 17.2 Å². The van der Waals surface area contributed by atoms with E-state index < -0.39 is 0 Å². The van der Waals surface area contributed by atoms with Gasteiger partial charge in [0.1, 0.15) is 18.7 Å². The van der Waals surface area contributed by atoms with Gasteiger partial charge in [0.15, 0.2) is 11.5 Å². The normalized spacial score (nSPS) is 11.1. The molecule has 0 bridgehead atoms. The van der Waals surface area contributed by atoms with Crippen molar-refractivity contribution in [3.05, 3.63) is 82.6 Å². The smallest absolute Gasteiger partial charge is 0.162 e. The fourth-order valence-electron chi connectivity index (χ4n) is 4.01. The van der Waals surface area contributed by atoms with E-state index in [-0.39, 0.29) is 0 Å². The van der Waals surface area contributed by atoms with Crippen LogP contribution in [0.4, 0.5) is 5.69 Å². The molecule has 0 saturated carbocycles. The van der Waals surface area contributed by atoms with E-state index in [1.807, 2.05) is 54.6 Å². The van der Waals surface area contributed by atoms with Gasteiger partial charge >= 0.3 is 0 Å². The Morgan fingerprint density at radius 3 is 2.26 bits per heavy atom. The summed E-state index contributed by atoms with van der Waals surface area (Å²) in [6.45, 7) is 0.427. The van der Waals surface area contributed by atoms with Gasteiger partial charge in [-0.2, -0.15) is 0 Å². The van der Waals surface area contributed by atoms with Gasteiger partial charge < -0.3 is 19.9 Å². The Kier molecular flexibility index (Phi) is 6.24. The summed E-state index contributed by atoms with van der Waals surface area (Å²) in [6, 6.07) is 19.4. The minimum atomic E-state index is 0.304. The van der Waals surface area contributed by atoms with Crippen molar-refractivity contribution in [3.63, 3.8) is 0 Å². The van der Waals surface area contributed by atoms with E-state index in [9.17, 15) is 0 Å². The molecule has 1 heterocycles. The zero-order valence-corrected chi connectivity index (χ0v) is 20.5. The van der Waals surface area contributed by atoms with Gasteiger partial charge in [0.05, 0.1) is 41.2 Å². The lowest BCUT2D eigenvalue weighted by Gasteiger charge is -2.15. The van der Waals surface area contributed by atoms with Crippen molar-refractivity contribution in [1.29, 1.82) is 0 Å². The Bertz CT molecular complexity index is 1560. The van der Waals surface area contributed by atoms with Crippen LogP contribution >= 0.6 is 23.2 Å². The van der Waals surface area contributed by atoms with Crippen LogP contribution in [0, 0.1) is 0 Å². The third-order valence-electron chi connectivity index (χ3n) is 5.77. The minimum Gasteiger partial charge on any atom is -0.495 e. The van der Waals surface area contributed by atoms with Crippen molar-refractivity contribution in [2.24, 2.45) is 0 Å². The Morgan fingerprint density at radius 2 is 1.51 bits per heavy atom. The Labute approximate surface area is 212 Å². The van der Waals surface area contributed by atoms with Gasteiger partial charge in [-0.05, 0) is 40.6 Å². The predicted octanol–water partition coefficient (Wildman–Crippen LogP) is 6.94. The molecule has 0 atom stereocenters. The first-order valence-electron chi connectivity index (χ1n) is 10.7. The van der Waals surface area contributed by atoms with Crippen molar-refractivity contribution in [2.75, 3.05) is 20.0 Å². The fourth-order valence-corrected chi connectivity index (χ4v) is 4.61. The molecule has 0 fully saturated rings. The number of nitrogens with two attached hydrogens (primary N) is 1. The first kappa shape index (κ1) is 23.0. The molecule has 0 spiro atoms. The monoisotopic (exact) mass is 505 g/mol. The number of fused-ring (bicyclic) bond motifs is 2. The van der Waals surface area contributed by atoms with Gasteiger partial charge in [-0.1, -0.05) is 53.5 Å². The number of methoxy groups -OCH3 is 2. The lowest BCUT2D eigenvalue weighted by molar-refractivity contribution is 0.285. The molecule has 4 aromatic carbocycles. The van der Waals surface area contributed by atoms with E-state index in [4.69, 9.17) is 43.1 Å². The number of hydrogen-bond donors (Lipinski definition) is 1. The van der Waals surface area contributed by atoms with Crippen molar-refractivity contribution in [1.82, 2.24) is 9.97 Å². The van der Waals surface area contributed by atoms with Gasteiger partial charge in [0.2, 0.25) is 0 Å². The molecule has 0 radical (unpaired) electrons. The number of nitrogens with zero attached hydrogens (tertiary/aromatic N) is 2. The van der Waals surface area contributed by atoms with Crippen LogP contribution < -0.4 is 19.9 Å². The van der Waals surface area contributed by atoms with Crippen molar-refractivity contribution >= 4 is 50.6 Å². The number of nitrogen functional groups attached to an aromatic ring is 1. The quantitative estimate of drug-likeness (QED) is 0.199. The van der Waals surface area contributed by atoms with Crippen molar-refractivity contribution in [3.8, 4) is 28.5 Å². The maximum absolute atomic E-state index is 6.63. The van der Waals surface area contributed by atoms with E-state index >= 15 is 0 Å². The summed E-state index contributed by atoms with van der Waals surface area (Å²) < 4.78 is 17.1. The van der Waals surface area contributed by atoms with Gasteiger partial charge in [-0.25, -0.2) is 9.97 Å². The number of hydrogen-bond acceptors (Lipinski definition) is 6. The van der Waals surface area contributed by atoms with Crippen molar-refractivity contribution < 1.29 is 14.2 Å². The standard InChI is InChI=1S/C27H21Cl2N3O3/c1-33-21-10-16-8-18-20(9-17(16)11-22(21)35-13-15-6-4-3-5-7-15)31-14-32-27(18)24-25(28)19(30)12-23(34-2)26(24)29/h3-12,14H,13,30H2,1-2H3. The summed E-state index contributed by atoms with van der Waals surface area (Å²) in [6.07, 6.45) is 1.47. The Balaban J connectivity index is 1.65. The number of benzene rings is 4. The molecule has 35 heavy (non-hydrogen) atoms. The van der Waals surface area contributed by atoms with Gasteiger partial charge in [0, 0.05) is 17.0 Å². The molecule has 0 aliphatic rings. The van der Waals surface area contributed by atoms with Crippen LogP contribution in [0.1, 0.15) is 5.56 Å². The third kappa shape index (κ3) is 4.27. The second-order valence-electron chi connectivity index (χ2n) is 7.89. The molecule has 0 amide bonds. The molecule has 0 saturated heterocycles. The van der Waals surface area contributed by atoms with Crippen LogP contribution in [0.3, 0.4) is 0 Å². The number of aromatic nitrogens is 2. The maximum Gasteiger partial charge on any atom is 0.162 e. The summed E-state index contributed by atoms with van der Waals surface area (Å²) in [4.78, 5) is 8.97. The first-order valence-corrected chi connectivity index (χ1v) is 11.5. The molecule has 0 unspecified atom stereocenters. The predicted molar refractivity (Wildman–Crippen MR) is 141 cm³/mol. The van der Waals surface area contributed by atoms with E-state index in [0.717, 1.165) is 27.2 Å². The zero-order chi connectivity index (χ0) is 24.5. The summed E-state index contributed by atoms with van der Waals surface area (Å²) in [5.74, 6) is 1.68. The van der Waals surface area contributed by atoms with E-state index in [0.29, 0.717) is 50.8 Å². The minimum absolute atomic E-state index is 0.304. The zero-order valence-electron chi connectivity index (χ0n) is 19.0. The summed E-state index contributed by atoms with van der Waals surface area (Å²) >= 11 is 13.2. The highest BCUT2D eigenvalue weighted by atomic mass is 35.5. The average Bonchev–Trinajstić information content (AvgIpc) is 2.88. The highest BCUT2D eigenvalue weighted by molar-refractivity contribution is 6.42. The molecule has 8 heteroatoms. The van der Waals surface area contributed by atoms with Crippen LogP contribution in [0.25, 0.3) is 32.9 Å². The fraction of sp³-hybridized carbons (Fsp3) is 0.111. The first-order chi connectivity index (χ1) is 17.0. The lowest BCUT2D eigenvalue weighted by Crippen LogP contribution is -1.98. The summed E-state index contributed by atoms with van der Waals surface area (Å²) in [5, 5.41) is 3.25. The molecule has 6 nitrogen and oxygen atoms in total. The summed E-state index contributed by atoms with van der Waals surface area (Å²) in [5.41, 5.74) is 9.30. The van der Waals surface area contributed by atoms with Crippen LogP contribution in [0.2, 0.25) is 10.0 Å². The van der Waals surface area contributed by atoms with Gasteiger partial charge in [0.25, 0.3) is 0 Å². The van der Waals surface area contributed by atoms with Crippen LogP contribution in [0.15, 0.2) is 67.0 Å². The van der Waals surface area contributed by atoms with Crippen LogP contribution in [-0.2, 0) is 6.61 Å². The van der Waals surface area contributed by atoms with E-state index in [1.54, 1.807) is 13.2 Å². The molecule has 1 aromatic heterocycles. The average molecular weight is 506 g/mol. The van der Waals surface area contributed by atoms with Crippen LogP contribution in [-0.4, -0.2) is 24.2 Å². The lowest BCUT2D eigenvalue weighted by atomic mass is 10.0.